The lowest BCUT2D eigenvalue weighted by atomic mass is 9.32. The molecule has 0 aliphatic heterocycles. The molecule has 3 N–H and O–H groups in total. The van der Waals surface area contributed by atoms with Gasteiger partial charge in [0, 0.05) is 6.61 Å². The van der Waals surface area contributed by atoms with Crippen LogP contribution in [0.2, 0.25) is 0 Å². The number of rotatable bonds is 3. The van der Waals surface area contributed by atoms with Gasteiger partial charge in [0.15, 0.2) is 0 Å². The maximum Gasteiger partial charge on any atom is 0.306 e. The maximum atomic E-state index is 12.1. The van der Waals surface area contributed by atoms with Gasteiger partial charge in [0.2, 0.25) is 0 Å². The summed E-state index contributed by atoms with van der Waals surface area (Å²) in [6.45, 7) is 14.5. The lowest BCUT2D eigenvalue weighted by Crippen LogP contribution is -2.67. The fourth-order valence-electron chi connectivity index (χ4n) is 11.8. The Bertz CT molecular complexity index is 838. The average molecular weight is 475 g/mol. The minimum Gasteiger partial charge on any atom is -0.481 e. The number of carboxylic acid groups (broad SMARTS) is 1. The van der Waals surface area contributed by atoms with Crippen molar-refractivity contribution in [2.24, 2.45) is 62.6 Å². The Morgan fingerprint density at radius 2 is 1.56 bits per heavy atom. The molecule has 0 saturated heterocycles. The Morgan fingerprint density at radius 3 is 2.21 bits per heavy atom. The van der Waals surface area contributed by atoms with E-state index in [0.29, 0.717) is 23.7 Å². The second kappa shape index (κ2) is 7.70. The molecule has 5 fully saturated rings. The van der Waals surface area contributed by atoms with Crippen LogP contribution in [0, 0.1) is 62.6 Å². The van der Waals surface area contributed by atoms with E-state index in [9.17, 15) is 20.1 Å². The first-order valence-electron chi connectivity index (χ1n) is 14.3. The van der Waals surface area contributed by atoms with Gasteiger partial charge in [-0.1, -0.05) is 41.5 Å². The van der Waals surface area contributed by atoms with E-state index >= 15 is 0 Å². The summed E-state index contributed by atoms with van der Waals surface area (Å²) in [5, 5.41) is 31.5. The monoisotopic (exact) mass is 474 g/mol. The van der Waals surface area contributed by atoms with Crippen LogP contribution >= 0.6 is 0 Å². The first-order chi connectivity index (χ1) is 15.8. The van der Waals surface area contributed by atoms with E-state index in [1.54, 1.807) is 0 Å². The molecule has 0 aromatic carbocycles. The van der Waals surface area contributed by atoms with Gasteiger partial charge in [-0.05, 0) is 121 Å². The Labute approximate surface area is 207 Å². The second-order valence-corrected chi connectivity index (χ2v) is 14.9. The van der Waals surface area contributed by atoms with E-state index in [-0.39, 0.29) is 51.6 Å². The number of aliphatic hydroxyl groups is 2. The fraction of sp³-hybridized carbons (Fsp3) is 0.967. The van der Waals surface area contributed by atoms with E-state index in [2.05, 4.69) is 34.6 Å². The fourth-order valence-corrected chi connectivity index (χ4v) is 11.8. The summed E-state index contributed by atoms with van der Waals surface area (Å²) in [6.07, 6.45) is 10.8. The van der Waals surface area contributed by atoms with Gasteiger partial charge in [0.25, 0.3) is 0 Å². The SMILES string of the molecule is C[C@H](C(=O)O)[C@@H]1CC[C@@]2(CO)CC[C@]3(C)[C@@H](CC[C@@H]4[C@]5(C)CC[C@H](O)C(C)(C)[C@@H]5CC[C@@]43C)[C@H]12. The molecule has 0 amide bonds. The summed E-state index contributed by atoms with van der Waals surface area (Å²) in [6, 6.07) is 0. The standard InChI is InChI=1S/C30H50O4/c1-18(25(33)34)19-9-14-30(17-31)16-15-28(5)20(24(19)30)7-8-22-27(4)12-11-23(32)26(2,3)21(27)10-13-29(22,28)6/h18-24,31-32H,7-17H2,1-6H3,(H,33,34)/t18-,19-,20-,21-,22+,23-,24-,27+,28+,29-,30-/m0/s1. The Hall–Kier alpha value is -0.610. The van der Waals surface area contributed by atoms with Crippen LogP contribution in [-0.4, -0.2) is 34.0 Å². The summed E-state index contributed by atoms with van der Waals surface area (Å²) in [5.74, 6) is 1.24. The molecular weight excluding hydrogens is 424 g/mol. The molecule has 194 valence electrons. The van der Waals surface area contributed by atoms with Crippen LogP contribution in [0.5, 0.6) is 0 Å². The molecule has 0 unspecified atom stereocenters. The molecule has 4 nitrogen and oxygen atoms in total. The van der Waals surface area contributed by atoms with Gasteiger partial charge >= 0.3 is 5.97 Å². The van der Waals surface area contributed by atoms with Crippen molar-refractivity contribution >= 4 is 5.97 Å². The molecule has 0 heterocycles. The van der Waals surface area contributed by atoms with Gasteiger partial charge in [-0.25, -0.2) is 0 Å². The van der Waals surface area contributed by atoms with Gasteiger partial charge in [-0.2, -0.15) is 0 Å². The summed E-state index contributed by atoms with van der Waals surface area (Å²) in [7, 11) is 0. The van der Waals surface area contributed by atoms with E-state index in [1.807, 2.05) is 6.92 Å². The highest BCUT2D eigenvalue weighted by Crippen LogP contribution is 2.77. The first-order valence-corrected chi connectivity index (χ1v) is 14.3. The predicted octanol–water partition coefficient (Wildman–Crippen LogP) is 6.14. The zero-order chi connectivity index (χ0) is 24.9. The number of carboxylic acids is 1. The van der Waals surface area contributed by atoms with Gasteiger partial charge in [-0.15, -0.1) is 0 Å². The number of hydrogen-bond acceptors (Lipinski definition) is 3. The molecule has 4 heteroatoms. The number of aliphatic carboxylic acids is 1. The van der Waals surface area contributed by atoms with Crippen molar-refractivity contribution in [2.45, 2.75) is 112 Å². The van der Waals surface area contributed by atoms with Crippen LogP contribution in [0.25, 0.3) is 0 Å². The molecule has 5 saturated carbocycles. The Kier molecular flexibility index (Phi) is 5.67. The summed E-state index contributed by atoms with van der Waals surface area (Å²) in [4.78, 5) is 12.1. The molecule has 0 spiro atoms. The molecule has 11 atom stereocenters. The van der Waals surface area contributed by atoms with Crippen molar-refractivity contribution in [2.75, 3.05) is 6.61 Å². The average Bonchev–Trinajstić information content (AvgIpc) is 3.16. The maximum absolute atomic E-state index is 12.1. The van der Waals surface area contributed by atoms with Crippen LogP contribution in [0.3, 0.4) is 0 Å². The van der Waals surface area contributed by atoms with Gasteiger partial charge in [0.1, 0.15) is 0 Å². The lowest BCUT2D eigenvalue weighted by Gasteiger charge is -2.73. The number of hydrogen-bond donors (Lipinski definition) is 3. The Morgan fingerprint density at radius 1 is 0.853 bits per heavy atom. The largest absolute Gasteiger partial charge is 0.481 e. The predicted molar refractivity (Wildman–Crippen MR) is 134 cm³/mol. The van der Waals surface area contributed by atoms with Gasteiger partial charge in [0.05, 0.1) is 12.0 Å². The topological polar surface area (TPSA) is 77.8 Å². The van der Waals surface area contributed by atoms with Crippen LogP contribution in [0.1, 0.15) is 106 Å². The zero-order valence-electron chi connectivity index (χ0n) is 22.6. The van der Waals surface area contributed by atoms with Crippen molar-refractivity contribution in [3.63, 3.8) is 0 Å². The Balaban J connectivity index is 1.54. The first kappa shape index (κ1) is 25.1. The van der Waals surface area contributed by atoms with Crippen molar-refractivity contribution in [1.82, 2.24) is 0 Å². The quantitative estimate of drug-likeness (QED) is 0.459. The van der Waals surface area contributed by atoms with Crippen LogP contribution < -0.4 is 0 Å². The highest BCUT2D eigenvalue weighted by atomic mass is 16.4. The molecule has 0 aromatic rings. The van der Waals surface area contributed by atoms with Crippen molar-refractivity contribution in [1.29, 1.82) is 0 Å². The number of carbonyl (C=O) groups is 1. The summed E-state index contributed by atoms with van der Waals surface area (Å²) in [5.41, 5.74) is 0.589. The third kappa shape index (κ3) is 2.93. The molecule has 5 aliphatic rings. The molecule has 0 aromatic heterocycles. The highest BCUT2D eigenvalue weighted by molar-refractivity contribution is 5.70. The van der Waals surface area contributed by atoms with Crippen LogP contribution in [-0.2, 0) is 4.79 Å². The van der Waals surface area contributed by atoms with Gasteiger partial charge in [-0.3, -0.25) is 4.79 Å². The molecule has 0 radical (unpaired) electrons. The third-order valence-corrected chi connectivity index (χ3v) is 14.0. The van der Waals surface area contributed by atoms with Crippen molar-refractivity contribution < 1.29 is 20.1 Å². The van der Waals surface area contributed by atoms with Gasteiger partial charge < -0.3 is 15.3 Å². The van der Waals surface area contributed by atoms with Crippen LogP contribution in [0.4, 0.5) is 0 Å². The molecule has 5 rings (SSSR count). The zero-order valence-corrected chi connectivity index (χ0v) is 22.6. The van der Waals surface area contributed by atoms with E-state index < -0.39 is 5.97 Å². The molecule has 5 aliphatic carbocycles. The molecule has 34 heavy (non-hydrogen) atoms. The smallest absolute Gasteiger partial charge is 0.306 e. The normalized spacial score (nSPS) is 54.8. The minimum atomic E-state index is -0.665. The number of aliphatic hydroxyl groups excluding tert-OH is 2. The lowest BCUT2D eigenvalue weighted by molar-refractivity contribution is -0.251. The highest BCUT2D eigenvalue weighted by Gasteiger charge is 2.71. The molecule has 0 bridgehead atoms. The van der Waals surface area contributed by atoms with E-state index in [0.717, 1.165) is 32.1 Å². The molecular formula is C30H50O4. The summed E-state index contributed by atoms with van der Waals surface area (Å²) >= 11 is 0. The minimum absolute atomic E-state index is 0.0296. The third-order valence-electron chi connectivity index (χ3n) is 14.0. The summed E-state index contributed by atoms with van der Waals surface area (Å²) < 4.78 is 0. The van der Waals surface area contributed by atoms with E-state index in [4.69, 9.17) is 0 Å². The van der Waals surface area contributed by atoms with E-state index in [1.165, 1.54) is 32.1 Å². The van der Waals surface area contributed by atoms with Crippen molar-refractivity contribution in [3.8, 4) is 0 Å². The number of fused-ring (bicyclic) bond motifs is 7. The van der Waals surface area contributed by atoms with Crippen LogP contribution in [0.15, 0.2) is 0 Å². The second-order valence-electron chi connectivity index (χ2n) is 14.9. The van der Waals surface area contributed by atoms with Crippen molar-refractivity contribution in [3.05, 3.63) is 0 Å².